The predicted molar refractivity (Wildman–Crippen MR) is 64.6 cm³/mol. The minimum atomic E-state index is -4.49. The van der Waals surface area contributed by atoms with Crippen LogP contribution in [0.2, 0.25) is 0 Å². The number of nitrogens with zero attached hydrogens (tertiary/aromatic N) is 1. The van der Waals surface area contributed by atoms with Crippen LogP contribution >= 0.6 is 11.8 Å². The number of thioether (sulfide) groups is 1. The van der Waals surface area contributed by atoms with Gasteiger partial charge < -0.3 is 5.32 Å². The van der Waals surface area contributed by atoms with Crippen LogP contribution in [0, 0.1) is 0 Å². The van der Waals surface area contributed by atoms with Crippen LogP contribution in [0.3, 0.4) is 0 Å². The molecule has 0 saturated carbocycles. The summed E-state index contributed by atoms with van der Waals surface area (Å²) in [6, 6.07) is 4.90. The van der Waals surface area contributed by atoms with Crippen LogP contribution in [0.25, 0.3) is 0 Å². The number of carbonyl (C=O) groups excluding carboxylic acids is 2. The Hall–Kier alpha value is -1.70. The van der Waals surface area contributed by atoms with Crippen molar-refractivity contribution in [3.8, 4) is 0 Å². The highest BCUT2D eigenvalue weighted by Gasteiger charge is 2.34. The summed E-state index contributed by atoms with van der Waals surface area (Å²) in [6.45, 7) is -0.266. The lowest BCUT2D eigenvalue weighted by Crippen LogP contribution is -2.33. The van der Waals surface area contributed by atoms with E-state index < -0.39 is 22.9 Å². The molecule has 19 heavy (non-hydrogen) atoms. The van der Waals surface area contributed by atoms with Crippen molar-refractivity contribution in [2.45, 2.75) is 6.18 Å². The van der Waals surface area contributed by atoms with E-state index in [-0.39, 0.29) is 18.1 Å². The molecule has 1 heterocycles. The molecule has 102 valence electrons. The Balaban J connectivity index is 2.12. The molecule has 0 aliphatic carbocycles. The highest BCUT2D eigenvalue weighted by molar-refractivity contribution is 8.14. The summed E-state index contributed by atoms with van der Waals surface area (Å²) in [5, 5.41) is 2.02. The number of nitrogens with one attached hydrogen (secondary N) is 1. The summed E-state index contributed by atoms with van der Waals surface area (Å²) in [7, 11) is 0. The summed E-state index contributed by atoms with van der Waals surface area (Å²) in [5.74, 6) is -0.381. The molecule has 4 nitrogen and oxygen atoms in total. The molecule has 0 atom stereocenters. The molecule has 1 fully saturated rings. The molecule has 2 amide bonds. The van der Waals surface area contributed by atoms with Gasteiger partial charge in [-0.05, 0) is 12.1 Å². The molecule has 8 heteroatoms. The lowest BCUT2D eigenvalue weighted by atomic mass is 10.1. The summed E-state index contributed by atoms with van der Waals surface area (Å²) in [4.78, 5) is 23.5. The second-order valence-corrected chi connectivity index (χ2v) is 4.68. The third-order valence-electron chi connectivity index (χ3n) is 2.50. The zero-order valence-electron chi connectivity index (χ0n) is 9.53. The number of benzene rings is 1. The van der Waals surface area contributed by atoms with Crippen molar-refractivity contribution in [2.24, 2.45) is 0 Å². The first-order valence-electron chi connectivity index (χ1n) is 5.27. The van der Waals surface area contributed by atoms with E-state index >= 15 is 0 Å². The Bertz CT molecular complexity index is 503. The minimum absolute atomic E-state index is 0.0292. The van der Waals surface area contributed by atoms with Crippen molar-refractivity contribution in [3.05, 3.63) is 29.8 Å². The third kappa shape index (κ3) is 3.01. The molecular formula is C11H9F3N2O2S. The van der Waals surface area contributed by atoms with Crippen LogP contribution in [0.5, 0.6) is 0 Å². The Morgan fingerprint density at radius 3 is 2.53 bits per heavy atom. The standard InChI is InChI=1S/C11H9F3N2O2S/c12-11(13,14)7-3-1-2-4-8(7)15-6-16-9(17)5-19-10(16)18/h1-4,15H,5-6H2. The predicted octanol–water partition coefficient (Wildman–Crippen LogP) is 2.77. The highest BCUT2D eigenvalue weighted by Crippen LogP contribution is 2.34. The number of rotatable bonds is 3. The van der Waals surface area contributed by atoms with Gasteiger partial charge in [-0.1, -0.05) is 23.9 Å². The lowest BCUT2D eigenvalue weighted by Gasteiger charge is -2.18. The van der Waals surface area contributed by atoms with Crippen LogP contribution < -0.4 is 5.32 Å². The smallest absolute Gasteiger partial charge is 0.367 e. The maximum atomic E-state index is 12.7. The Morgan fingerprint density at radius 1 is 1.26 bits per heavy atom. The lowest BCUT2D eigenvalue weighted by molar-refractivity contribution is -0.137. The molecule has 0 unspecified atom stereocenters. The summed E-state index contributed by atoms with van der Waals surface area (Å²) in [5.41, 5.74) is -0.991. The first-order chi connectivity index (χ1) is 8.89. The second kappa shape index (κ2) is 5.12. The first-order valence-corrected chi connectivity index (χ1v) is 6.25. The Kier molecular flexibility index (Phi) is 3.70. The van der Waals surface area contributed by atoms with E-state index in [4.69, 9.17) is 0 Å². The van der Waals surface area contributed by atoms with E-state index in [9.17, 15) is 22.8 Å². The molecular weight excluding hydrogens is 281 g/mol. The van der Waals surface area contributed by atoms with Gasteiger partial charge in [0.05, 0.1) is 18.0 Å². The number of carbonyl (C=O) groups is 2. The van der Waals surface area contributed by atoms with Crippen molar-refractivity contribution in [2.75, 3.05) is 17.7 Å². The van der Waals surface area contributed by atoms with Gasteiger partial charge in [-0.15, -0.1) is 0 Å². The van der Waals surface area contributed by atoms with Crippen molar-refractivity contribution in [1.29, 1.82) is 0 Å². The first kappa shape index (κ1) is 13.7. The van der Waals surface area contributed by atoms with Crippen LogP contribution in [0.4, 0.5) is 23.7 Å². The molecule has 0 radical (unpaired) electrons. The summed E-state index contributed by atoms with van der Waals surface area (Å²) >= 11 is 0.834. The number of hydrogen-bond donors (Lipinski definition) is 1. The highest BCUT2D eigenvalue weighted by atomic mass is 32.2. The molecule has 1 aliphatic heterocycles. The van der Waals surface area contributed by atoms with Gasteiger partial charge in [0.2, 0.25) is 5.91 Å². The fourth-order valence-electron chi connectivity index (χ4n) is 1.58. The van der Waals surface area contributed by atoms with Gasteiger partial charge in [0.15, 0.2) is 0 Å². The van der Waals surface area contributed by atoms with Crippen LogP contribution in [-0.4, -0.2) is 28.5 Å². The van der Waals surface area contributed by atoms with E-state index in [1.165, 1.54) is 18.2 Å². The average molecular weight is 290 g/mol. The number of amides is 2. The van der Waals surface area contributed by atoms with Gasteiger partial charge >= 0.3 is 6.18 Å². The fraction of sp³-hybridized carbons (Fsp3) is 0.273. The maximum Gasteiger partial charge on any atom is 0.418 e. The van der Waals surface area contributed by atoms with E-state index in [1.807, 2.05) is 0 Å². The van der Waals surface area contributed by atoms with Gasteiger partial charge in [0, 0.05) is 5.69 Å². The normalized spacial score (nSPS) is 16.1. The number of alkyl halides is 3. The van der Waals surface area contributed by atoms with Crippen LogP contribution in [0.15, 0.2) is 24.3 Å². The quantitative estimate of drug-likeness (QED) is 0.930. The second-order valence-electron chi connectivity index (χ2n) is 3.75. The Labute approximate surface area is 111 Å². The minimum Gasteiger partial charge on any atom is -0.367 e. The van der Waals surface area contributed by atoms with E-state index in [1.54, 1.807) is 0 Å². The molecule has 2 rings (SSSR count). The molecule has 0 aromatic heterocycles. The van der Waals surface area contributed by atoms with E-state index in [0.29, 0.717) is 0 Å². The van der Waals surface area contributed by atoms with Crippen molar-refractivity contribution >= 4 is 28.6 Å². The van der Waals surface area contributed by atoms with Crippen LogP contribution in [-0.2, 0) is 11.0 Å². The summed E-state index contributed by atoms with van der Waals surface area (Å²) < 4.78 is 38.1. The van der Waals surface area contributed by atoms with Crippen molar-refractivity contribution < 1.29 is 22.8 Å². The summed E-state index contributed by atoms with van der Waals surface area (Å²) in [6.07, 6.45) is -4.49. The maximum absolute atomic E-state index is 12.7. The third-order valence-corrected chi connectivity index (χ3v) is 3.36. The number of halogens is 3. The molecule has 1 N–H and O–H groups in total. The Morgan fingerprint density at radius 2 is 1.95 bits per heavy atom. The van der Waals surface area contributed by atoms with Gasteiger partial charge in [0.25, 0.3) is 5.24 Å². The van der Waals surface area contributed by atoms with Crippen molar-refractivity contribution in [3.63, 3.8) is 0 Å². The van der Waals surface area contributed by atoms with Crippen molar-refractivity contribution in [1.82, 2.24) is 4.90 Å². The molecule has 1 aliphatic rings. The topological polar surface area (TPSA) is 49.4 Å². The number of imide groups is 1. The van der Waals surface area contributed by atoms with Gasteiger partial charge in [-0.3, -0.25) is 14.5 Å². The van der Waals surface area contributed by atoms with Gasteiger partial charge in [0.1, 0.15) is 0 Å². The largest absolute Gasteiger partial charge is 0.418 e. The fourth-order valence-corrected chi connectivity index (χ4v) is 2.31. The zero-order valence-corrected chi connectivity index (χ0v) is 10.3. The van der Waals surface area contributed by atoms with E-state index in [0.717, 1.165) is 22.7 Å². The SMILES string of the molecule is O=C1CSC(=O)N1CNc1ccccc1C(F)(F)F. The van der Waals surface area contributed by atoms with Gasteiger partial charge in [-0.25, -0.2) is 0 Å². The number of para-hydroxylation sites is 1. The molecule has 0 bridgehead atoms. The molecule has 0 spiro atoms. The van der Waals surface area contributed by atoms with E-state index in [2.05, 4.69) is 5.32 Å². The molecule has 1 aromatic carbocycles. The van der Waals surface area contributed by atoms with Gasteiger partial charge in [-0.2, -0.15) is 13.2 Å². The zero-order chi connectivity index (χ0) is 14.0. The number of anilines is 1. The molecule has 1 saturated heterocycles. The molecule has 1 aromatic rings. The average Bonchev–Trinajstić information content (AvgIpc) is 2.66. The van der Waals surface area contributed by atoms with Crippen LogP contribution in [0.1, 0.15) is 5.56 Å². The monoisotopic (exact) mass is 290 g/mol. The number of hydrogen-bond acceptors (Lipinski definition) is 4.